The van der Waals surface area contributed by atoms with Gasteiger partial charge in [0.1, 0.15) is 0 Å². The molecular weight excluding hydrogens is 210 g/mol. The van der Waals surface area contributed by atoms with E-state index in [2.05, 4.69) is 44.1 Å². The number of rotatable bonds is 6. The average molecular weight is 235 g/mol. The molecule has 0 saturated carbocycles. The number of likely N-dealkylation sites (N-methyl/N-ethyl adjacent to an activating group) is 1. The van der Waals surface area contributed by atoms with Gasteiger partial charge >= 0.3 is 0 Å². The van der Waals surface area contributed by atoms with Crippen LogP contribution in [0.3, 0.4) is 0 Å². The Bertz CT molecular complexity index is 349. The SMILES string of the molecule is CCC(C)N(C)CCNc1cccc(N)c1C. The fourth-order valence-corrected chi connectivity index (χ4v) is 1.74. The lowest BCUT2D eigenvalue weighted by Gasteiger charge is -2.24. The Balaban J connectivity index is 2.43. The van der Waals surface area contributed by atoms with Crippen molar-refractivity contribution in [1.29, 1.82) is 0 Å². The van der Waals surface area contributed by atoms with Gasteiger partial charge < -0.3 is 16.0 Å². The Morgan fingerprint density at radius 1 is 1.41 bits per heavy atom. The van der Waals surface area contributed by atoms with Crippen LogP contribution in [-0.2, 0) is 0 Å². The molecule has 1 atom stereocenters. The zero-order chi connectivity index (χ0) is 12.8. The second-order valence-electron chi connectivity index (χ2n) is 4.68. The molecule has 1 rings (SSSR count). The van der Waals surface area contributed by atoms with Gasteiger partial charge in [0.05, 0.1) is 0 Å². The van der Waals surface area contributed by atoms with E-state index in [1.165, 1.54) is 6.42 Å². The molecule has 0 radical (unpaired) electrons. The standard InChI is InChI=1S/C14H25N3/c1-5-11(2)17(4)10-9-16-14-8-6-7-13(15)12(14)3/h6-8,11,16H,5,9-10,15H2,1-4H3. The molecule has 0 aliphatic rings. The van der Waals surface area contributed by atoms with E-state index in [0.717, 1.165) is 30.0 Å². The molecule has 0 bridgehead atoms. The zero-order valence-corrected chi connectivity index (χ0v) is 11.5. The van der Waals surface area contributed by atoms with Crippen LogP contribution in [0.1, 0.15) is 25.8 Å². The third kappa shape index (κ3) is 3.93. The van der Waals surface area contributed by atoms with Crippen LogP contribution in [0.4, 0.5) is 11.4 Å². The van der Waals surface area contributed by atoms with Crippen molar-refractivity contribution in [2.45, 2.75) is 33.2 Å². The average Bonchev–Trinajstić information content (AvgIpc) is 2.33. The van der Waals surface area contributed by atoms with E-state index in [1.54, 1.807) is 0 Å². The van der Waals surface area contributed by atoms with Crippen LogP contribution >= 0.6 is 0 Å². The fraction of sp³-hybridized carbons (Fsp3) is 0.571. The molecule has 3 nitrogen and oxygen atoms in total. The second-order valence-corrected chi connectivity index (χ2v) is 4.68. The third-order valence-corrected chi connectivity index (χ3v) is 3.50. The lowest BCUT2D eigenvalue weighted by atomic mass is 10.1. The first-order chi connectivity index (χ1) is 8.06. The molecule has 1 unspecified atom stereocenters. The van der Waals surface area contributed by atoms with Crippen LogP contribution in [-0.4, -0.2) is 31.1 Å². The van der Waals surface area contributed by atoms with Crippen molar-refractivity contribution in [3.8, 4) is 0 Å². The molecule has 0 amide bonds. The molecule has 0 aliphatic heterocycles. The van der Waals surface area contributed by atoms with E-state index in [1.807, 2.05) is 12.1 Å². The highest BCUT2D eigenvalue weighted by molar-refractivity contribution is 5.62. The van der Waals surface area contributed by atoms with Gasteiger partial charge in [-0.1, -0.05) is 13.0 Å². The Morgan fingerprint density at radius 3 is 2.76 bits per heavy atom. The van der Waals surface area contributed by atoms with Crippen molar-refractivity contribution < 1.29 is 0 Å². The predicted molar refractivity (Wildman–Crippen MR) is 76.5 cm³/mol. The molecular formula is C14H25N3. The number of hydrogen-bond acceptors (Lipinski definition) is 3. The van der Waals surface area contributed by atoms with Gasteiger partial charge in [0.2, 0.25) is 0 Å². The van der Waals surface area contributed by atoms with Crippen molar-refractivity contribution >= 4 is 11.4 Å². The summed E-state index contributed by atoms with van der Waals surface area (Å²) in [5, 5.41) is 3.44. The van der Waals surface area contributed by atoms with Crippen molar-refractivity contribution in [3.63, 3.8) is 0 Å². The maximum atomic E-state index is 5.87. The van der Waals surface area contributed by atoms with Crippen LogP contribution in [0.5, 0.6) is 0 Å². The number of benzene rings is 1. The Morgan fingerprint density at radius 2 is 2.12 bits per heavy atom. The smallest absolute Gasteiger partial charge is 0.0391 e. The van der Waals surface area contributed by atoms with Crippen LogP contribution in [0.15, 0.2) is 18.2 Å². The molecule has 1 aromatic rings. The van der Waals surface area contributed by atoms with Gasteiger partial charge in [-0.25, -0.2) is 0 Å². The first-order valence-electron chi connectivity index (χ1n) is 6.35. The Labute approximate surface area is 105 Å². The first-order valence-corrected chi connectivity index (χ1v) is 6.35. The molecule has 0 saturated heterocycles. The predicted octanol–water partition coefficient (Wildman–Crippen LogP) is 2.72. The Kier molecular flexibility index (Phi) is 5.29. The molecule has 96 valence electrons. The van der Waals surface area contributed by atoms with E-state index in [4.69, 9.17) is 5.73 Å². The van der Waals surface area contributed by atoms with E-state index in [0.29, 0.717) is 6.04 Å². The van der Waals surface area contributed by atoms with Crippen molar-refractivity contribution in [2.75, 3.05) is 31.2 Å². The third-order valence-electron chi connectivity index (χ3n) is 3.50. The molecule has 3 N–H and O–H groups in total. The first kappa shape index (κ1) is 13.8. The molecule has 0 spiro atoms. The van der Waals surface area contributed by atoms with Crippen LogP contribution in [0, 0.1) is 6.92 Å². The highest BCUT2D eigenvalue weighted by Gasteiger charge is 2.06. The lowest BCUT2D eigenvalue weighted by molar-refractivity contribution is 0.261. The Hall–Kier alpha value is -1.22. The number of nitrogen functional groups attached to an aromatic ring is 1. The molecule has 0 aliphatic carbocycles. The van der Waals surface area contributed by atoms with Crippen LogP contribution < -0.4 is 11.1 Å². The molecule has 0 fully saturated rings. The van der Waals surface area contributed by atoms with Gasteiger partial charge in [0.15, 0.2) is 0 Å². The van der Waals surface area contributed by atoms with Crippen molar-refractivity contribution in [2.24, 2.45) is 0 Å². The maximum absolute atomic E-state index is 5.87. The van der Waals surface area contributed by atoms with Gasteiger partial charge in [-0.2, -0.15) is 0 Å². The second kappa shape index (κ2) is 6.50. The monoisotopic (exact) mass is 235 g/mol. The molecule has 0 aromatic heterocycles. The molecule has 17 heavy (non-hydrogen) atoms. The highest BCUT2D eigenvalue weighted by atomic mass is 15.1. The molecule has 0 heterocycles. The maximum Gasteiger partial charge on any atom is 0.0391 e. The summed E-state index contributed by atoms with van der Waals surface area (Å²) in [5.41, 5.74) is 9.00. The summed E-state index contributed by atoms with van der Waals surface area (Å²) in [6, 6.07) is 6.64. The highest BCUT2D eigenvalue weighted by Crippen LogP contribution is 2.19. The van der Waals surface area contributed by atoms with E-state index >= 15 is 0 Å². The summed E-state index contributed by atoms with van der Waals surface area (Å²) in [6.07, 6.45) is 1.19. The molecule has 3 heteroatoms. The minimum Gasteiger partial charge on any atom is -0.398 e. The number of hydrogen-bond donors (Lipinski definition) is 2. The summed E-state index contributed by atoms with van der Waals surface area (Å²) < 4.78 is 0. The number of anilines is 2. The van der Waals surface area contributed by atoms with E-state index in [-0.39, 0.29) is 0 Å². The summed E-state index contributed by atoms with van der Waals surface area (Å²) in [7, 11) is 2.17. The van der Waals surface area contributed by atoms with Crippen molar-refractivity contribution in [1.82, 2.24) is 4.90 Å². The van der Waals surface area contributed by atoms with E-state index < -0.39 is 0 Å². The largest absolute Gasteiger partial charge is 0.398 e. The van der Waals surface area contributed by atoms with Gasteiger partial charge in [-0.05, 0) is 45.0 Å². The topological polar surface area (TPSA) is 41.3 Å². The fourth-order valence-electron chi connectivity index (χ4n) is 1.74. The number of nitrogens with zero attached hydrogens (tertiary/aromatic N) is 1. The number of nitrogens with one attached hydrogen (secondary N) is 1. The van der Waals surface area contributed by atoms with Crippen LogP contribution in [0.2, 0.25) is 0 Å². The van der Waals surface area contributed by atoms with Gasteiger partial charge in [0.25, 0.3) is 0 Å². The van der Waals surface area contributed by atoms with Gasteiger partial charge in [0, 0.05) is 30.5 Å². The lowest BCUT2D eigenvalue weighted by Crippen LogP contribution is -2.32. The summed E-state index contributed by atoms with van der Waals surface area (Å²) >= 11 is 0. The van der Waals surface area contributed by atoms with E-state index in [9.17, 15) is 0 Å². The zero-order valence-electron chi connectivity index (χ0n) is 11.5. The molecule has 1 aromatic carbocycles. The minimum atomic E-state index is 0.638. The van der Waals surface area contributed by atoms with Gasteiger partial charge in [-0.15, -0.1) is 0 Å². The van der Waals surface area contributed by atoms with Gasteiger partial charge in [-0.3, -0.25) is 0 Å². The minimum absolute atomic E-state index is 0.638. The van der Waals surface area contributed by atoms with Crippen molar-refractivity contribution in [3.05, 3.63) is 23.8 Å². The number of nitrogens with two attached hydrogens (primary N) is 1. The summed E-state index contributed by atoms with van der Waals surface area (Å²) in [4.78, 5) is 2.37. The summed E-state index contributed by atoms with van der Waals surface area (Å²) in [6.45, 7) is 8.52. The van der Waals surface area contributed by atoms with Crippen LogP contribution in [0.25, 0.3) is 0 Å². The normalized spacial score (nSPS) is 12.8. The quantitative estimate of drug-likeness (QED) is 0.745. The summed E-state index contributed by atoms with van der Waals surface area (Å²) in [5.74, 6) is 0.